The lowest BCUT2D eigenvalue weighted by Crippen LogP contribution is -2.61. The molecular formula is C25H30O12. The molecule has 1 saturated carbocycles. The summed E-state index contributed by atoms with van der Waals surface area (Å²) < 4.78 is 22.2. The fourth-order valence-corrected chi connectivity index (χ4v) is 5.00. The predicted octanol–water partition coefficient (Wildman–Crippen LogP) is -1.04. The van der Waals surface area contributed by atoms with Crippen molar-refractivity contribution in [3.05, 3.63) is 47.7 Å². The molecule has 1 saturated heterocycles. The van der Waals surface area contributed by atoms with Crippen LogP contribution in [0.2, 0.25) is 0 Å². The van der Waals surface area contributed by atoms with Crippen LogP contribution < -0.4 is 0 Å². The highest BCUT2D eigenvalue weighted by molar-refractivity contribution is 5.87. The molecule has 0 aromatic heterocycles. The van der Waals surface area contributed by atoms with E-state index in [1.165, 1.54) is 31.2 Å². The molecule has 2 fully saturated rings. The monoisotopic (exact) mass is 522 g/mol. The number of aliphatic hydroxyl groups is 5. The summed E-state index contributed by atoms with van der Waals surface area (Å²) in [7, 11) is 0. The first-order valence-corrected chi connectivity index (χ1v) is 11.7. The first-order valence-electron chi connectivity index (χ1n) is 11.7. The molecule has 1 aromatic rings. The van der Waals surface area contributed by atoms with E-state index in [2.05, 4.69) is 0 Å². The van der Waals surface area contributed by atoms with Gasteiger partial charge in [-0.25, -0.2) is 4.79 Å². The van der Waals surface area contributed by atoms with Crippen molar-refractivity contribution in [2.45, 2.75) is 62.0 Å². The molecule has 202 valence electrons. The maximum absolute atomic E-state index is 12.5. The number of benzene rings is 1. The van der Waals surface area contributed by atoms with Gasteiger partial charge in [-0.3, -0.25) is 4.79 Å². The Labute approximate surface area is 212 Å². The summed E-state index contributed by atoms with van der Waals surface area (Å²) in [5, 5.41) is 60.6. The standard InChI is InChI=1S/C25H30O12/c1-25(33)17(36-18(29)7-4-12-2-5-14(28)6-3-12)8-15-13(9-26)11-34-23(19(15)25)37-24-22(32)21(31)20(30)16(10-27)35-24/h2-7,9,11,15-17,19-24,27-28,30-33H,8,10H2,1H3. The van der Waals surface area contributed by atoms with E-state index in [1.54, 1.807) is 12.1 Å². The van der Waals surface area contributed by atoms with E-state index in [9.17, 15) is 40.2 Å². The van der Waals surface area contributed by atoms with Crippen LogP contribution in [0.1, 0.15) is 18.9 Å². The van der Waals surface area contributed by atoms with Gasteiger partial charge in [-0.2, -0.15) is 0 Å². The van der Waals surface area contributed by atoms with Crippen LogP contribution in [0.4, 0.5) is 0 Å². The van der Waals surface area contributed by atoms with Gasteiger partial charge < -0.3 is 49.6 Å². The number of aliphatic hydroxyl groups excluding tert-OH is 4. The van der Waals surface area contributed by atoms with Crippen molar-refractivity contribution in [1.29, 1.82) is 0 Å². The summed E-state index contributed by atoms with van der Waals surface area (Å²) in [6.45, 7) is 0.741. The molecule has 10 atom stereocenters. The molecule has 2 heterocycles. The number of aldehydes is 1. The zero-order valence-electron chi connectivity index (χ0n) is 19.9. The molecule has 12 nitrogen and oxygen atoms in total. The Hall–Kier alpha value is -2.84. The molecule has 0 radical (unpaired) electrons. The minimum atomic E-state index is -1.76. The van der Waals surface area contributed by atoms with E-state index in [1.807, 2.05) is 0 Å². The fourth-order valence-electron chi connectivity index (χ4n) is 5.00. The second kappa shape index (κ2) is 10.9. The molecule has 10 unspecified atom stereocenters. The SMILES string of the molecule is CC1(O)C(OC(=O)C=Cc2ccc(O)cc2)CC2C(C=O)=COC(OC3OC(CO)C(O)C(O)C3O)C21. The maximum atomic E-state index is 12.5. The van der Waals surface area contributed by atoms with Crippen molar-refractivity contribution < 1.29 is 59.2 Å². The number of phenolic OH excluding ortho intramolecular Hbond substituents is 1. The first-order chi connectivity index (χ1) is 17.6. The third-order valence-corrected chi connectivity index (χ3v) is 7.10. The Morgan fingerprint density at radius 2 is 1.84 bits per heavy atom. The van der Waals surface area contributed by atoms with Crippen LogP contribution in [0.5, 0.6) is 5.75 Å². The number of carbonyl (C=O) groups is 2. The second-order valence-corrected chi connectivity index (χ2v) is 9.52. The largest absolute Gasteiger partial charge is 0.508 e. The zero-order valence-corrected chi connectivity index (χ0v) is 19.9. The normalized spacial score (nSPS) is 39.5. The third-order valence-electron chi connectivity index (χ3n) is 7.10. The number of ether oxygens (including phenoxy) is 4. The molecule has 4 rings (SSSR count). The number of rotatable bonds is 7. The van der Waals surface area contributed by atoms with Crippen molar-refractivity contribution in [2.75, 3.05) is 6.61 Å². The number of esters is 1. The molecule has 6 N–H and O–H groups in total. The van der Waals surface area contributed by atoms with Crippen molar-refractivity contribution >= 4 is 18.3 Å². The predicted molar refractivity (Wildman–Crippen MR) is 123 cm³/mol. The van der Waals surface area contributed by atoms with Crippen LogP contribution in [-0.4, -0.2) is 98.2 Å². The molecule has 0 bridgehead atoms. The summed E-state index contributed by atoms with van der Waals surface area (Å²) in [6, 6.07) is 6.11. The van der Waals surface area contributed by atoms with Crippen LogP contribution in [0.3, 0.4) is 0 Å². The summed E-state index contributed by atoms with van der Waals surface area (Å²) in [5.41, 5.74) is -0.917. The van der Waals surface area contributed by atoms with Gasteiger partial charge in [-0.05, 0) is 37.1 Å². The van der Waals surface area contributed by atoms with Crippen LogP contribution in [-0.2, 0) is 28.5 Å². The molecule has 1 aliphatic carbocycles. The Kier molecular flexibility index (Phi) is 7.99. The number of fused-ring (bicyclic) bond motifs is 1. The number of carbonyl (C=O) groups excluding carboxylic acids is 2. The van der Waals surface area contributed by atoms with E-state index in [-0.39, 0.29) is 17.7 Å². The molecular weight excluding hydrogens is 492 g/mol. The molecule has 37 heavy (non-hydrogen) atoms. The van der Waals surface area contributed by atoms with Crippen molar-refractivity contribution in [1.82, 2.24) is 0 Å². The van der Waals surface area contributed by atoms with Gasteiger partial charge in [-0.15, -0.1) is 0 Å². The van der Waals surface area contributed by atoms with Gasteiger partial charge in [0.05, 0.1) is 18.8 Å². The van der Waals surface area contributed by atoms with Crippen molar-refractivity contribution in [3.8, 4) is 5.75 Å². The van der Waals surface area contributed by atoms with Gasteiger partial charge in [0.1, 0.15) is 48.2 Å². The van der Waals surface area contributed by atoms with Gasteiger partial charge in [0.2, 0.25) is 6.29 Å². The van der Waals surface area contributed by atoms with Crippen LogP contribution in [0.15, 0.2) is 42.2 Å². The lowest BCUT2D eigenvalue weighted by molar-refractivity contribution is -0.347. The first kappa shape index (κ1) is 27.2. The molecule has 0 spiro atoms. The van der Waals surface area contributed by atoms with Gasteiger partial charge in [-0.1, -0.05) is 12.1 Å². The van der Waals surface area contributed by atoms with E-state index in [0.29, 0.717) is 11.8 Å². The minimum Gasteiger partial charge on any atom is -0.508 e. The zero-order chi connectivity index (χ0) is 26.9. The summed E-state index contributed by atoms with van der Waals surface area (Å²) in [5.74, 6) is -2.27. The number of phenols is 1. The highest BCUT2D eigenvalue weighted by Gasteiger charge is 2.60. The molecule has 1 aromatic carbocycles. The smallest absolute Gasteiger partial charge is 0.331 e. The Morgan fingerprint density at radius 1 is 1.14 bits per heavy atom. The average Bonchev–Trinajstić information content (AvgIpc) is 3.14. The quantitative estimate of drug-likeness (QED) is 0.145. The summed E-state index contributed by atoms with van der Waals surface area (Å²) in [6.07, 6.45) is -5.69. The van der Waals surface area contributed by atoms with Crippen molar-refractivity contribution in [3.63, 3.8) is 0 Å². The average molecular weight is 523 g/mol. The summed E-state index contributed by atoms with van der Waals surface area (Å²) in [4.78, 5) is 24.2. The second-order valence-electron chi connectivity index (χ2n) is 9.52. The lowest BCUT2D eigenvalue weighted by Gasteiger charge is -2.44. The fraction of sp³-hybridized carbons (Fsp3) is 0.520. The van der Waals surface area contributed by atoms with E-state index in [0.717, 1.165) is 6.26 Å². The summed E-state index contributed by atoms with van der Waals surface area (Å²) >= 11 is 0. The van der Waals surface area contributed by atoms with Crippen LogP contribution in [0, 0.1) is 11.8 Å². The van der Waals surface area contributed by atoms with Crippen molar-refractivity contribution in [2.24, 2.45) is 11.8 Å². The minimum absolute atomic E-state index is 0.0684. The van der Waals surface area contributed by atoms with Gasteiger partial charge in [0, 0.05) is 17.6 Å². The van der Waals surface area contributed by atoms with Crippen LogP contribution >= 0.6 is 0 Å². The van der Waals surface area contributed by atoms with E-state index < -0.39 is 73.1 Å². The van der Waals surface area contributed by atoms with Crippen LogP contribution in [0.25, 0.3) is 6.08 Å². The van der Waals surface area contributed by atoms with Gasteiger partial charge in [0.25, 0.3) is 0 Å². The Bertz CT molecular complexity index is 1030. The number of aromatic hydroxyl groups is 1. The number of hydrogen-bond donors (Lipinski definition) is 6. The van der Waals surface area contributed by atoms with E-state index in [4.69, 9.17) is 18.9 Å². The third kappa shape index (κ3) is 5.41. The Balaban J connectivity index is 1.50. The van der Waals surface area contributed by atoms with Gasteiger partial charge in [0.15, 0.2) is 6.29 Å². The topological polar surface area (TPSA) is 192 Å². The van der Waals surface area contributed by atoms with E-state index >= 15 is 0 Å². The number of allylic oxidation sites excluding steroid dienone is 1. The number of hydrogen-bond acceptors (Lipinski definition) is 12. The van der Waals surface area contributed by atoms with Gasteiger partial charge >= 0.3 is 5.97 Å². The Morgan fingerprint density at radius 3 is 2.49 bits per heavy atom. The molecule has 3 aliphatic rings. The molecule has 12 heteroatoms. The molecule has 0 amide bonds. The highest BCUT2D eigenvalue weighted by Crippen LogP contribution is 2.50. The highest BCUT2D eigenvalue weighted by atomic mass is 16.8. The lowest BCUT2D eigenvalue weighted by atomic mass is 9.81. The molecule has 2 aliphatic heterocycles. The maximum Gasteiger partial charge on any atom is 0.331 e.